The zero-order valence-electron chi connectivity index (χ0n) is 20.8. The van der Waals surface area contributed by atoms with E-state index in [-0.39, 0.29) is 23.4 Å². The molecule has 1 atom stereocenters. The molecule has 1 heterocycles. The molecule has 10 heteroatoms. The zero-order valence-corrected chi connectivity index (χ0v) is 21.7. The number of benzene rings is 3. The van der Waals surface area contributed by atoms with E-state index in [1.54, 1.807) is 6.07 Å². The molecule has 3 amide bonds. The number of nitrogens with zero attached hydrogens (tertiary/aromatic N) is 2. The maximum Gasteiger partial charge on any atom is 0.269 e. The molecule has 198 valence electrons. The summed E-state index contributed by atoms with van der Waals surface area (Å²) >= 11 is 0. The summed E-state index contributed by atoms with van der Waals surface area (Å²) in [5.74, 6) is -2.40. The Bertz CT molecular complexity index is 1430. The Balaban J connectivity index is 1.70. The summed E-state index contributed by atoms with van der Waals surface area (Å²) in [6.07, 6.45) is 0.832. The lowest BCUT2D eigenvalue weighted by molar-refractivity contribution is -0.141. The van der Waals surface area contributed by atoms with Crippen molar-refractivity contribution in [2.45, 2.75) is 37.2 Å². The number of halogens is 1. The molecule has 1 aliphatic rings. The molecular weight excluding hydrogens is 509 g/mol. The van der Waals surface area contributed by atoms with Crippen LogP contribution in [0.25, 0.3) is 0 Å². The Labute approximate surface area is 221 Å². The molecule has 0 aromatic heterocycles. The monoisotopic (exact) mass is 537 g/mol. The lowest BCUT2D eigenvalue weighted by Crippen LogP contribution is -2.53. The summed E-state index contributed by atoms with van der Waals surface area (Å²) in [7, 11) is -4.24. The van der Waals surface area contributed by atoms with Gasteiger partial charge in [0.15, 0.2) is 0 Å². The predicted molar refractivity (Wildman–Crippen MR) is 139 cm³/mol. The summed E-state index contributed by atoms with van der Waals surface area (Å²) in [5.41, 5.74) is 1.32. The van der Waals surface area contributed by atoms with E-state index in [0.29, 0.717) is 22.8 Å². The fourth-order valence-corrected chi connectivity index (χ4v) is 5.83. The van der Waals surface area contributed by atoms with E-state index in [0.717, 1.165) is 5.56 Å². The highest BCUT2D eigenvalue weighted by Gasteiger charge is 2.43. The first-order chi connectivity index (χ1) is 18.2. The lowest BCUT2D eigenvalue weighted by Gasteiger charge is -2.32. The van der Waals surface area contributed by atoms with E-state index >= 15 is 0 Å². The second-order valence-electron chi connectivity index (χ2n) is 8.96. The van der Waals surface area contributed by atoms with Crippen LogP contribution in [0.4, 0.5) is 4.39 Å². The third-order valence-corrected chi connectivity index (χ3v) is 8.06. The van der Waals surface area contributed by atoms with Gasteiger partial charge in [-0.3, -0.25) is 14.4 Å². The minimum atomic E-state index is -4.24. The van der Waals surface area contributed by atoms with Gasteiger partial charge in [-0.05, 0) is 41.8 Å². The fourth-order valence-electron chi connectivity index (χ4n) is 4.31. The SMILES string of the molecule is CCCNC(=O)C(Cc1ccccc1)N(Cc1ccc(F)cc1)C(=O)CN1C(=O)c2ccccc2S1(=O)=O. The third kappa shape index (κ3) is 5.75. The number of hydrogen-bond acceptors (Lipinski definition) is 5. The van der Waals surface area contributed by atoms with Gasteiger partial charge < -0.3 is 10.2 Å². The maximum atomic E-state index is 13.8. The van der Waals surface area contributed by atoms with Crippen LogP contribution in [0.2, 0.25) is 0 Å². The highest BCUT2D eigenvalue weighted by molar-refractivity contribution is 7.90. The largest absolute Gasteiger partial charge is 0.354 e. The van der Waals surface area contributed by atoms with Crippen LogP contribution in [0.3, 0.4) is 0 Å². The zero-order chi connectivity index (χ0) is 27.3. The quantitative estimate of drug-likeness (QED) is 0.428. The molecule has 3 aromatic rings. The minimum absolute atomic E-state index is 0.00749. The molecule has 3 aromatic carbocycles. The fraction of sp³-hybridized carbons (Fsp3) is 0.250. The van der Waals surface area contributed by atoms with Crippen molar-refractivity contribution in [3.8, 4) is 0 Å². The summed E-state index contributed by atoms with van der Waals surface area (Å²) in [4.78, 5) is 41.2. The van der Waals surface area contributed by atoms with Crippen LogP contribution < -0.4 is 5.32 Å². The first-order valence-corrected chi connectivity index (χ1v) is 13.7. The first-order valence-electron chi connectivity index (χ1n) is 12.2. The molecule has 0 saturated heterocycles. The standard InChI is InChI=1S/C28H28FN3O5S/c1-2-16-30-27(34)24(17-20-8-4-3-5-9-20)31(18-21-12-14-22(29)15-13-21)26(33)19-32-28(35)23-10-6-7-11-25(23)38(32,36)37/h3-15,24H,2,16-19H2,1H3,(H,30,34). The van der Waals surface area contributed by atoms with Crippen LogP contribution in [-0.4, -0.2) is 54.5 Å². The molecule has 0 radical (unpaired) electrons. The van der Waals surface area contributed by atoms with Crippen LogP contribution in [-0.2, 0) is 32.6 Å². The average molecular weight is 538 g/mol. The summed E-state index contributed by atoms with van der Waals surface area (Å²) in [5, 5.41) is 2.82. The highest BCUT2D eigenvalue weighted by atomic mass is 32.2. The average Bonchev–Trinajstić information content (AvgIpc) is 3.11. The van der Waals surface area contributed by atoms with Gasteiger partial charge in [-0.1, -0.05) is 61.5 Å². The van der Waals surface area contributed by atoms with Gasteiger partial charge in [0.25, 0.3) is 15.9 Å². The molecule has 4 rings (SSSR count). The van der Waals surface area contributed by atoms with Crippen LogP contribution in [0.5, 0.6) is 0 Å². The van der Waals surface area contributed by atoms with Gasteiger partial charge in [-0.25, -0.2) is 17.1 Å². The smallest absolute Gasteiger partial charge is 0.269 e. The molecule has 0 bridgehead atoms. The number of sulfonamides is 1. The van der Waals surface area contributed by atoms with Crippen molar-refractivity contribution < 1.29 is 27.2 Å². The summed E-state index contributed by atoms with van der Waals surface area (Å²) < 4.78 is 40.3. The first kappa shape index (κ1) is 27.0. The Morgan fingerprint density at radius 1 is 0.947 bits per heavy atom. The second-order valence-corrected chi connectivity index (χ2v) is 10.8. The molecule has 0 aliphatic carbocycles. The molecule has 0 fully saturated rings. The molecule has 1 N–H and O–H groups in total. The van der Waals surface area contributed by atoms with E-state index in [1.807, 2.05) is 37.3 Å². The minimum Gasteiger partial charge on any atom is -0.354 e. The van der Waals surface area contributed by atoms with E-state index in [4.69, 9.17) is 0 Å². The second kappa shape index (κ2) is 11.6. The van der Waals surface area contributed by atoms with Crippen molar-refractivity contribution in [1.82, 2.24) is 14.5 Å². The van der Waals surface area contributed by atoms with E-state index in [2.05, 4.69) is 5.32 Å². The van der Waals surface area contributed by atoms with Gasteiger partial charge in [0.1, 0.15) is 23.3 Å². The molecule has 38 heavy (non-hydrogen) atoms. The molecule has 0 spiro atoms. The molecular formula is C28H28FN3O5S. The van der Waals surface area contributed by atoms with Gasteiger partial charge in [-0.2, -0.15) is 0 Å². The third-order valence-electron chi connectivity index (χ3n) is 6.28. The van der Waals surface area contributed by atoms with Crippen molar-refractivity contribution >= 4 is 27.7 Å². The van der Waals surface area contributed by atoms with E-state index < -0.39 is 46.1 Å². The van der Waals surface area contributed by atoms with Gasteiger partial charge in [-0.15, -0.1) is 0 Å². The number of amides is 3. The van der Waals surface area contributed by atoms with Gasteiger partial charge in [0, 0.05) is 19.5 Å². The van der Waals surface area contributed by atoms with Gasteiger partial charge >= 0.3 is 0 Å². The van der Waals surface area contributed by atoms with E-state index in [9.17, 15) is 27.2 Å². The maximum absolute atomic E-state index is 13.8. The predicted octanol–water partition coefficient (Wildman–Crippen LogP) is 3.14. The van der Waals surface area contributed by atoms with Crippen LogP contribution in [0.1, 0.15) is 34.8 Å². The number of hydrogen-bond donors (Lipinski definition) is 1. The highest BCUT2D eigenvalue weighted by Crippen LogP contribution is 2.30. The summed E-state index contributed by atoms with van der Waals surface area (Å²) in [6.45, 7) is 1.42. The molecule has 1 aliphatic heterocycles. The van der Waals surface area contributed by atoms with Gasteiger partial charge in [0.05, 0.1) is 5.56 Å². The Hall–Kier alpha value is -4.05. The number of fused-ring (bicyclic) bond motifs is 1. The number of nitrogens with one attached hydrogen (secondary N) is 1. The Morgan fingerprint density at radius 3 is 2.26 bits per heavy atom. The van der Waals surface area contributed by atoms with E-state index in [1.165, 1.54) is 47.4 Å². The van der Waals surface area contributed by atoms with Crippen molar-refractivity contribution in [3.05, 3.63) is 101 Å². The Morgan fingerprint density at radius 2 is 1.61 bits per heavy atom. The van der Waals surface area contributed by atoms with Crippen molar-refractivity contribution in [2.75, 3.05) is 13.1 Å². The summed E-state index contributed by atoms with van der Waals surface area (Å²) in [6, 6.07) is 19.3. The van der Waals surface area contributed by atoms with Crippen molar-refractivity contribution in [1.29, 1.82) is 0 Å². The molecule has 0 saturated carbocycles. The van der Waals surface area contributed by atoms with Crippen LogP contribution >= 0.6 is 0 Å². The molecule has 8 nitrogen and oxygen atoms in total. The number of carbonyl (C=O) groups is 3. The van der Waals surface area contributed by atoms with Crippen molar-refractivity contribution in [3.63, 3.8) is 0 Å². The number of rotatable bonds is 10. The van der Waals surface area contributed by atoms with Gasteiger partial charge in [0.2, 0.25) is 11.8 Å². The normalized spacial score (nSPS) is 14.6. The lowest BCUT2D eigenvalue weighted by atomic mass is 10.0. The Kier molecular flexibility index (Phi) is 8.21. The van der Waals surface area contributed by atoms with Crippen LogP contribution in [0.15, 0.2) is 83.8 Å². The van der Waals surface area contributed by atoms with Crippen molar-refractivity contribution in [2.24, 2.45) is 0 Å². The van der Waals surface area contributed by atoms with Crippen LogP contribution in [0, 0.1) is 5.82 Å². The topological polar surface area (TPSA) is 104 Å². The number of carbonyl (C=O) groups excluding carboxylic acids is 3. The molecule has 1 unspecified atom stereocenters.